The zero-order valence-electron chi connectivity index (χ0n) is 15.3. The number of aromatic nitrogens is 3. The normalized spacial score (nSPS) is 14.4. The zero-order chi connectivity index (χ0) is 20.4. The van der Waals surface area contributed by atoms with Crippen LogP contribution in [0.15, 0.2) is 59.8 Å². The first-order valence-corrected chi connectivity index (χ1v) is 9.94. The molecule has 1 aliphatic carbocycles. The molecule has 9 heteroatoms. The second kappa shape index (κ2) is 8.04. The maximum atomic E-state index is 14.3. The van der Waals surface area contributed by atoms with Crippen LogP contribution in [0, 0.1) is 5.82 Å². The maximum absolute atomic E-state index is 14.3. The van der Waals surface area contributed by atoms with Crippen LogP contribution >= 0.6 is 11.8 Å². The van der Waals surface area contributed by atoms with Crippen LogP contribution in [-0.4, -0.2) is 26.7 Å². The highest BCUT2D eigenvalue weighted by Crippen LogP contribution is 2.44. The van der Waals surface area contributed by atoms with Crippen LogP contribution in [0.2, 0.25) is 0 Å². The molecule has 1 saturated carbocycles. The number of benzene rings is 2. The maximum Gasteiger partial charge on any atom is 0.318 e. The van der Waals surface area contributed by atoms with Crippen molar-refractivity contribution in [2.45, 2.75) is 29.3 Å². The monoisotopic (exact) mass is 411 g/mol. The third kappa shape index (κ3) is 4.14. The van der Waals surface area contributed by atoms with Crippen molar-refractivity contribution in [3.8, 4) is 11.4 Å². The van der Waals surface area contributed by atoms with Gasteiger partial charge in [0.2, 0.25) is 5.91 Å². The molecule has 3 aromatic rings. The van der Waals surface area contributed by atoms with Crippen molar-refractivity contribution in [3.05, 3.63) is 66.0 Å². The number of rotatable bonds is 6. The average Bonchev–Trinajstić information content (AvgIpc) is 3.46. The molecular formula is C20H18FN5O2S. The van der Waals surface area contributed by atoms with E-state index < -0.39 is 17.2 Å². The number of hydrogen-bond donors (Lipinski definition) is 2. The molecule has 7 nitrogen and oxygen atoms in total. The molecule has 4 rings (SSSR count). The molecule has 1 aromatic heterocycles. The molecule has 0 aliphatic heterocycles. The highest BCUT2D eigenvalue weighted by Gasteiger charge is 2.33. The number of hydrogen-bond acceptors (Lipinski definition) is 5. The van der Waals surface area contributed by atoms with Crippen LogP contribution in [0.1, 0.15) is 29.7 Å². The minimum Gasteiger partial charge on any atom is -0.351 e. The Morgan fingerprint density at radius 1 is 1.10 bits per heavy atom. The largest absolute Gasteiger partial charge is 0.351 e. The highest BCUT2D eigenvalue weighted by molar-refractivity contribution is 8.00. The van der Waals surface area contributed by atoms with Gasteiger partial charge in [-0.15, -0.1) is 10.2 Å². The van der Waals surface area contributed by atoms with Gasteiger partial charge in [0.25, 0.3) is 0 Å². The van der Waals surface area contributed by atoms with Crippen molar-refractivity contribution in [1.82, 2.24) is 20.1 Å². The van der Waals surface area contributed by atoms with Crippen molar-refractivity contribution in [2.24, 2.45) is 5.73 Å². The summed E-state index contributed by atoms with van der Waals surface area (Å²) in [5.41, 5.74) is 6.18. The topological polar surface area (TPSA) is 103 Å². The minimum atomic E-state index is -0.924. The quantitative estimate of drug-likeness (QED) is 0.605. The van der Waals surface area contributed by atoms with Crippen molar-refractivity contribution < 1.29 is 14.0 Å². The Hall–Kier alpha value is -3.20. The third-order valence-electron chi connectivity index (χ3n) is 4.50. The van der Waals surface area contributed by atoms with Crippen molar-refractivity contribution in [2.75, 3.05) is 0 Å². The Labute approximate surface area is 170 Å². The Balaban J connectivity index is 1.72. The van der Waals surface area contributed by atoms with Gasteiger partial charge in [-0.3, -0.25) is 14.7 Å². The second-order valence-electron chi connectivity index (χ2n) is 6.65. The Morgan fingerprint density at radius 2 is 1.79 bits per heavy atom. The van der Waals surface area contributed by atoms with E-state index in [4.69, 9.17) is 5.73 Å². The molecule has 0 saturated heterocycles. The van der Waals surface area contributed by atoms with E-state index in [1.54, 1.807) is 42.5 Å². The van der Waals surface area contributed by atoms with Crippen LogP contribution in [0.4, 0.5) is 9.18 Å². The molecule has 0 bridgehead atoms. The summed E-state index contributed by atoms with van der Waals surface area (Å²) >= 11 is 1.16. The summed E-state index contributed by atoms with van der Waals surface area (Å²) in [7, 11) is 0. The fraction of sp³-hybridized carbons (Fsp3) is 0.200. The number of nitrogens with zero attached hydrogens (tertiary/aromatic N) is 3. The lowest BCUT2D eigenvalue weighted by Crippen LogP contribution is -2.37. The first kappa shape index (κ1) is 19.1. The SMILES string of the molecule is NC(=O)NC(=O)C(Sc1nnc(-c2ccccc2F)n1C1CC1)c1ccccc1. The van der Waals surface area contributed by atoms with Crippen LogP contribution < -0.4 is 11.1 Å². The molecular weight excluding hydrogens is 393 g/mol. The first-order valence-electron chi connectivity index (χ1n) is 9.06. The van der Waals surface area contributed by atoms with Crippen molar-refractivity contribution in [3.63, 3.8) is 0 Å². The number of imide groups is 1. The summed E-state index contributed by atoms with van der Waals surface area (Å²) in [4.78, 5) is 23.9. The van der Waals surface area contributed by atoms with Gasteiger partial charge in [0.1, 0.15) is 11.1 Å². The van der Waals surface area contributed by atoms with E-state index in [1.165, 1.54) is 6.07 Å². The van der Waals surface area contributed by atoms with Gasteiger partial charge in [-0.25, -0.2) is 9.18 Å². The standard InChI is InChI=1S/C20H18FN5O2S/c21-15-9-5-4-8-14(15)17-24-25-20(26(17)13-10-11-13)29-16(18(27)23-19(22)28)12-6-2-1-3-7-12/h1-9,13,16H,10-11H2,(H3,22,23,27,28). The van der Waals surface area contributed by atoms with Gasteiger partial charge in [-0.2, -0.15) is 0 Å². The van der Waals surface area contributed by atoms with Crippen LogP contribution in [0.3, 0.4) is 0 Å². The molecule has 1 unspecified atom stereocenters. The van der Waals surface area contributed by atoms with Gasteiger partial charge in [-0.05, 0) is 30.5 Å². The summed E-state index contributed by atoms with van der Waals surface area (Å²) in [5.74, 6) is -0.508. The summed E-state index contributed by atoms with van der Waals surface area (Å²) in [6.45, 7) is 0. The van der Waals surface area contributed by atoms with Crippen LogP contribution in [0.25, 0.3) is 11.4 Å². The lowest BCUT2D eigenvalue weighted by atomic mass is 10.1. The van der Waals surface area contributed by atoms with Crippen molar-refractivity contribution in [1.29, 1.82) is 0 Å². The number of carbonyl (C=O) groups excluding carboxylic acids is 2. The molecule has 1 fully saturated rings. The molecule has 2 aromatic carbocycles. The molecule has 0 spiro atoms. The molecule has 0 radical (unpaired) electrons. The average molecular weight is 411 g/mol. The summed E-state index contributed by atoms with van der Waals surface area (Å²) in [6, 6.07) is 14.6. The molecule has 1 aliphatic rings. The molecule has 1 heterocycles. The highest BCUT2D eigenvalue weighted by atomic mass is 32.2. The van der Waals surface area contributed by atoms with E-state index in [0.717, 1.165) is 24.6 Å². The fourth-order valence-corrected chi connectivity index (χ4v) is 4.15. The summed E-state index contributed by atoms with van der Waals surface area (Å²) in [5, 5.41) is 10.3. The number of thioether (sulfide) groups is 1. The number of nitrogens with one attached hydrogen (secondary N) is 1. The third-order valence-corrected chi connectivity index (χ3v) is 5.71. The number of halogens is 1. The van der Waals surface area contributed by atoms with Gasteiger partial charge >= 0.3 is 6.03 Å². The first-order chi connectivity index (χ1) is 14.0. The summed E-state index contributed by atoms with van der Waals surface area (Å²) in [6.07, 6.45) is 1.85. The van der Waals surface area contributed by atoms with Gasteiger partial charge in [0.15, 0.2) is 11.0 Å². The Morgan fingerprint density at radius 3 is 2.45 bits per heavy atom. The lowest BCUT2D eigenvalue weighted by Gasteiger charge is -2.16. The Bertz CT molecular complexity index is 1050. The molecule has 148 valence electrons. The van der Waals surface area contributed by atoms with E-state index in [2.05, 4.69) is 15.5 Å². The smallest absolute Gasteiger partial charge is 0.318 e. The van der Waals surface area contributed by atoms with Gasteiger partial charge in [-0.1, -0.05) is 54.2 Å². The molecule has 3 amide bonds. The predicted octanol–water partition coefficient (Wildman–Crippen LogP) is 3.45. The van der Waals surface area contributed by atoms with E-state index in [-0.39, 0.29) is 11.9 Å². The van der Waals surface area contributed by atoms with E-state index >= 15 is 0 Å². The molecule has 1 atom stereocenters. The zero-order valence-corrected chi connectivity index (χ0v) is 16.1. The van der Waals surface area contributed by atoms with Gasteiger partial charge < -0.3 is 5.73 Å². The predicted molar refractivity (Wildman–Crippen MR) is 106 cm³/mol. The number of nitrogens with two attached hydrogens (primary N) is 1. The van der Waals surface area contributed by atoms with E-state index in [0.29, 0.717) is 22.1 Å². The number of primary amides is 1. The molecule has 29 heavy (non-hydrogen) atoms. The van der Waals surface area contributed by atoms with Gasteiger partial charge in [0.05, 0.1) is 5.56 Å². The second-order valence-corrected chi connectivity index (χ2v) is 7.72. The minimum absolute atomic E-state index is 0.151. The number of amides is 3. The van der Waals surface area contributed by atoms with Crippen LogP contribution in [-0.2, 0) is 4.79 Å². The van der Waals surface area contributed by atoms with E-state index in [9.17, 15) is 14.0 Å². The molecule has 3 N–H and O–H groups in total. The Kier molecular flexibility index (Phi) is 5.30. The number of carbonyl (C=O) groups is 2. The lowest BCUT2D eigenvalue weighted by molar-refractivity contribution is -0.119. The number of urea groups is 1. The van der Waals surface area contributed by atoms with Crippen molar-refractivity contribution >= 4 is 23.7 Å². The van der Waals surface area contributed by atoms with E-state index in [1.807, 2.05) is 10.6 Å². The van der Waals surface area contributed by atoms with Crippen LogP contribution in [0.5, 0.6) is 0 Å². The summed E-state index contributed by atoms with van der Waals surface area (Å²) < 4.78 is 16.2. The fourth-order valence-electron chi connectivity index (χ4n) is 3.04. The van der Waals surface area contributed by atoms with Gasteiger partial charge in [0, 0.05) is 6.04 Å².